The Labute approximate surface area is 188 Å². The highest BCUT2D eigenvalue weighted by Crippen LogP contribution is 2.43. The molecule has 0 amide bonds. The van der Waals surface area contributed by atoms with E-state index in [2.05, 4.69) is 54.2 Å². The maximum atomic E-state index is 14.6. The highest BCUT2D eigenvalue weighted by atomic mass is 19.3. The molecule has 170 valence electrons. The average Bonchev–Trinajstić information content (AvgIpc) is 3.14. The topological polar surface area (TPSA) is 53.9 Å². The molecule has 2 aliphatic rings. The number of aromatic amines is 1. The minimum Gasteiger partial charge on any atom is -0.278 e. The fourth-order valence-corrected chi connectivity index (χ4v) is 5.05. The van der Waals surface area contributed by atoms with Crippen LogP contribution in [0.25, 0.3) is 11.0 Å². The third-order valence-electron chi connectivity index (χ3n) is 6.51. The molecule has 3 heterocycles. The van der Waals surface area contributed by atoms with Crippen LogP contribution in [0.15, 0.2) is 59.3 Å². The van der Waals surface area contributed by atoms with Crippen LogP contribution in [0.2, 0.25) is 0 Å². The summed E-state index contributed by atoms with van der Waals surface area (Å²) >= 11 is 0. The molecule has 4 rings (SSSR count). The SMILES string of the molecule is CC(C)CC1(C)C=CC/C=C(\C2=NC(c3[nH]nc4ncccc34)C(C(C)(F)F)C=C2)CC1. The predicted octanol–water partition coefficient (Wildman–Crippen LogP) is 7.00. The Kier molecular flexibility index (Phi) is 6.15. The Balaban J connectivity index is 1.69. The second-order valence-corrected chi connectivity index (χ2v) is 9.93. The molecular weight excluding hydrogens is 406 g/mol. The van der Waals surface area contributed by atoms with Crippen molar-refractivity contribution in [2.45, 2.75) is 65.3 Å². The fourth-order valence-electron chi connectivity index (χ4n) is 5.05. The maximum absolute atomic E-state index is 14.6. The van der Waals surface area contributed by atoms with Crippen LogP contribution in [0.4, 0.5) is 8.78 Å². The minimum atomic E-state index is -2.91. The van der Waals surface area contributed by atoms with Crippen LogP contribution in [0.3, 0.4) is 0 Å². The molecule has 6 heteroatoms. The number of dihydropyridines is 1. The van der Waals surface area contributed by atoms with Gasteiger partial charge in [-0.1, -0.05) is 45.1 Å². The first kappa shape index (κ1) is 22.6. The molecule has 3 unspecified atom stereocenters. The summed E-state index contributed by atoms with van der Waals surface area (Å²) in [6.07, 6.45) is 15.6. The van der Waals surface area contributed by atoms with E-state index >= 15 is 0 Å². The maximum Gasteiger partial charge on any atom is 0.254 e. The number of H-pyrrole nitrogens is 1. The van der Waals surface area contributed by atoms with Gasteiger partial charge in [-0.3, -0.25) is 10.1 Å². The normalized spacial score (nSPS) is 28.3. The van der Waals surface area contributed by atoms with Gasteiger partial charge < -0.3 is 0 Å². The van der Waals surface area contributed by atoms with E-state index in [1.165, 1.54) is 0 Å². The molecule has 32 heavy (non-hydrogen) atoms. The van der Waals surface area contributed by atoms with Crippen molar-refractivity contribution >= 4 is 16.7 Å². The Morgan fingerprint density at radius 2 is 2.12 bits per heavy atom. The van der Waals surface area contributed by atoms with Crippen molar-refractivity contribution in [2.75, 3.05) is 0 Å². The van der Waals surface area contributed by atoms with Gasteiger partial charge in [0.05, 0.1) is 17.3 Å². The Morgan fingerprint density at radius 1 is 1.31 bits per heavy atom. The molecule has 4 nitrogen and oxygen atoms in total. The lowest BCUT2D eigenvalue weighted by molar-refractivity contribution is -0.0304. The molecule has 0 spiro atoms. The number of halogens is 2. The van der Waals surface area contributed by atoms with Crippen molar-refractivity contribution < 1.29 is 8.78 Å². The largest absolute Gasteiger partial charge is 0.278 e. The lowest BCUT2D eigenvalue weighted by Crippen LogP contribution is -2.31. The van der Waals surface area contributed by atoms with E-state index in [4.69, 9.17) is 4.99 Å². The third-order valence-corrected chi connectivity index (χ3v) is 6.51. The summed E-state index contributed by atoms with van der Waals surface area (Å²) < 4.78 is 29.1. The Hall–Kier alpha value is -2.63. The van der Waals surface area contributed by atoms with Gasteiger partial charge in [0, 0.05) is 18.5 Å². The van der Waals surface area contributed by atoms with E-state index in [9.17, 15) is 8.78 Å². The Morgan fingerprint density at radius 3 is 2.88 bits per heavy atom. The quantitative estimate of drug-likeness (QED) is 0.511. The van der Waals surface area contributed by atoms with Gasteiger partial charge >= 0.3 is 0 Å². The van der Waals surface area contributed by atoms with Gasteiger partial charge in [-0.05, 0) is 60.8 Å². The van der Waals surface area contributed by atoms with Crippen LogP contribution in [0.1, 0.15) is 65.1 Å². The van der Waals surface area contributed by atoms with Crippen molar-refractivity contribution in [3.8, 4) is 0 Å². The zero-order chi connectivity index (χ0) is 22.9. The second-order valence-electron chi connectivity index (χ2n) is 9.93. The molecule has 0 bridgehead atoms. The minimum absolute atomic E-state index is 0.135. The highest BCUT2D eigenvalue weighted by Gasteiger charge is 2.42. The second kappa shape index (κ2) is 8.72. The molecule has 2 aromatic rings. The van der Waals surface area contributed by atoms with E-state index in [1.807, 2.05) is 6.07 Å². The van der Waals surface area contributed by atoms with Crippen LogP contribution < -0.4 is 0 Å². The molecule has 0 saturated carbocycles. The number of pyridine rings is 1. The molecule has 2 aromatic heterocycles. The first-order valence-electron chi connectivity index (χ1n) is 11.5. The van der Waals surface area contributed by atoms with Crippen molar-refractivity contribution in [3.05, 3.63) is 60.0 Å². The summed E-state index contributed by atoms with van der Waals surface area (Å²) in [6, 6.07) is 2.91. The number of hydrogen-bond acceptors (Lipinski definition) is 3. The zero-order valence-corrected chi connectivity index (χ0v) is 19.3. The number of alkyl halides is 2. The summed E-state index contributed by atoms with van der Waals surface area (Å²) in [4.78, 5) is 9.13. The van der Waals surface area contributed by atoms with Gasteiger partial charge in [-0.2, -0.15) is 5.10 Å². The van der Waals surface area contributed by atoms with E-state index < -0.39 is 17.9 Å². The van der Waals surface area contributed by atoms with Crippen molar-refractivity contribution in [1.29, 1.82) is 0 Å². The van der Waals surface area contributed by atoms with Crippen molar-refractivity contribution in [2.24, 2.45) is 22.2 Å². The van der Waals surface area contributed by atoms with Crippen LogP contribution in [-0.4, -0.2) is 26.8 Å². The third kappa shape index (κ3) is 4.74. The van der Waals surface area contributed by atoms with Gasteiger partial charge in [0.2, 0.25) is 0 Å². The van der Waals surface area contributed by atoms with Crippen molar-refractivity contribution in [3.63, 3.8) is 0 Å². The zero-order valence-electron chi connectivity index (χ0n) is 19.3. The molecule has 3 atom stereocenters. The monoisotopic (exact) mass is 438 g/mol. The first-order chi connectivity index (χ1) is 15.2. The molecule has 0 radical (unpaired) electrons. The van der Waals surface area contributed by atoms with Crippen LogP contribution >= 0.6 is 0 Å². The number of aliphatic imine (C=N–C) groups is 1. The lowest BCUT2D eigenvalue weighted by atomic mass is 9.75. The summed E-state index contributed by atoms with van der Waals surface area (Å²) in [5, 5.41) is 7.91. The Bertz CT molecular complexity index is 1090. The van der Waals surface area contributed by atoms with E-state index in [-0.39, 0.29) is 5.41 Å². The molecule has 0 aromatic carbocycles. The predicted molar refractivity (Wildman–Crippen MR) is 126 cm³/mol. The summed E-state index contributed by atoms with van der Waals surface area (Å²) in [5.74, 6) is -3.35. The number of fused-ring (bicyclic) bond motifs is 1. The van der Waals surface area contributed by atoms with Crippen LogP contribution in [0, 0.1) is 17.3 Å². The van der Waals surface area contributed by atoms with Crippen LogP contribution in [0.5, 0.6) is 0 Å². The van der Waals surface area contributed by atoms with Crippen LogP contribution in [-0.2, 0) is 0 Å². The lowest BCUT2D eigenvalue weighted by Gasteiger charge is -2.32. The van der Waals surface area contributed by atoms with Gasteiger partial charge in [-0.15, -0.1) is 0 Å². The number of aromatic nitrogens is 3. The molecule has 0 fully saturated rings. The van der Waals surface area contributed by atoms with Gasteiger partial charge in [-0.25, -0.2) is 13.8 Å². The number of allylic oxidation sites excluding steroid dienone is 5. The van der Waals surface area contributed by atoms with Gasteiger partial charge in [0.25, 0.3) is 5.92 Å². The fraction of sp³-hybridized carbons (Fsp3) is 0.500. The standard InChI is InChI=1S/C26H32F2N4/c1-17(2)16-25(3)13-6-5-8-18(12-14-25)21-11-10-20(26(4,27)28)23(30-21)22-19-9-7-15-29-24(19)32-31-22/h6-11,13,15,17,20,23H,5,12,14,16H2,1-4H3,(H,29,31,32)/b13-6?,18-8-. The van der Waals surface area contributed by atoms with Gasteiger partial charge in [0.15, 0.2) is 5.65 Å². The summed E-state index contributed by atoms with van der Waals surface area (Å²) in [5.41, 5.74) is 3.18. The van der Waals surface area contributed by atoms with E-state index in [0.717, 1.165) is 49.3 Å². The molecule has 1 aliphatic carbocycles. The number of nitrogens with zero attached hydrogens (tertiary/aromatic N) is 3. The van der Waals surface area contributed by atoms with E-state index in [0.29, 0.717) is 17.3 Å². The molecule has 1 aliphatic heterocycles. The average molecular weight is 439 g/mol. The molecule has 1 N–H and O–H groups in total. The van der Waals surface area contributed by atoms with E-state index in [1.54, 1.807) is 24.4 Å². The smallest absolute Gasteiger partial charge is 0.254 e. The number of nitrogens with one attached hydrogen (secondary N) is 1. The molecular formula is C26H32F2N4. The summed E-state index contributed by atoms with van der Waals surface area (Å²) in [7, 11) is 0. The number of hydrogen-bond donors (Lipinski definition) is 1. The summed E-state index contributed by atoms with van der Waals surface area (Å²) in [6.45, 7) is 7.78. The highest BCUT2D eigenvalue weighted by molar-refractivity contribution is 6.09. The first-order valence-corrected chi connectivity index (χ1v) is 11.5. The van der Waals surface area contributed by atoms with Crippen molar-refractivity contribution in [1.82, 2.24) is 15.2 Å². The molecule has 0 saturated heterocycles. The van der Waals surface area contributed by atoms with Gasteiger partial charge in [0.1, 0.15) is 6.04 Å². The number of rotatable bonds is 5.